The average molecular weight is 663 g/mol. The van der Waals surface area contributed by atoms with Gasteiger partial charge in [0.25, 0.3) is 0 Å². The number of alkyl carbamates (subject to hydrolysis) is 1. The number of fused-ring (bicyclic) bond motifs is 2. The molecular formula is C33H44F2N4O6S. The van der Waals surface area contributed by atoms with Crippen molar-refractivity contribution in [2.24, 2.45) is 5.92 Å². The van der Waals surface area contributed by atoms with E-state index in [0.29, 0.717) is 44.3 Å². The van der Waals surface area contributed by atoms with Gasteiger partial charge in [0, 0.05) is 42.3 Å². The summed E-state index contributed by atoms with van der Waals surface area (Å²) in [4.78, 5) is 26.8. The molecule has 0 radical (unpaired) electrons. The topological polar surface area (TPSA) is 126 Å². The first-order chi connectivity index (χ1) is 21.9. The fraction of sp³-hybridized carbons (Fsp3) is 0.576. The van der Waals surface area contributed by atoms with Crippen LogP contribution in [0, 0.1) is 17.6 Å². The molecule has 5 rings (SSSR count). The molecule has 3 saturated heterocycles. The summed E-state index contributed by atoms with van der Waals surface area (Å²) in [6.07, 6.45) is 2.08. The van der Waals surface area contributed by atoms with E-state index in [2.05, 4.69) is 16.0 Å². The molecule has 10 nitrogen and oxygen atoms in total. The molecule has 3 fully saturated rings. The number of anilines is 1. The van der Waals surface area contributed by atoms with Crippen molar-refractivity contribution in [2.45, 2.75) is 88.6 Å². The number of halogens is 2. The van der Waals surface area contributed by atoms with Crippen LogP contribution in [-0.2, 0) is 30.7 Å². The molecule has 0 aromatic heterocycles. The quantitative estimate of drug-likeness (QED) is 0.366. The van der Waals surface area contributed by atoms with E-state index in [1.807, 2.05) is 13.8 Å². The number of carbonyl (C=O) groups excluding carboxylic acids is 2. The van der Waals surface area contributed by atoms with Crippen molar-refractivity contribution in [1.29, 1.82) is 0 Å². The molecule has 3 aliphatic heterocycles. The van der Waals surface area contributed by atoms with E-state index < -0.39 is 45.6 Å². The molecule has 7 atom stereocenters. The molecular weight excluding hydrogens is 618 g/mol. The van der Waals surface area contributed by atoms with Crippen LogP contribution in [0.5, 0.6) is 0 Å². The number of rotatable bonds is 9. The van der Waals surface area contributed by atoms with E-state index in [4.69, 9.17) is 9.47 Å². The highest BCUT2D eigenvalue weighted by molar-refractivity contribution is 7.89. The van der Waals surface area contributed by atoms with Gasteiger partial charge in [0.1, 0.15) is 17.7 Å². The third-order valence-electron chi connectivity index (χ3n) is 9.46. The third kappa shape index (κ3) is 8.04. The van der Waals surface area contributed by atoms with Crippen LogP contribution < -0.4 is 16.0 Å². The fourth-order valence-electron chi connectivity index (χ4n) is 7.37. The third-order valence-corrected chi connectivity index (χ3v) is 11.4. The van der Waals surface area contributed by atoms with E-state index in [9.17, 15) is 22.4 Å². The maximum absolute atomic E-state index is 15.4. The van der Waals surface area contributed by atoms with Gasteiger partial charge in [0.2, 0.25) is 15.9 Å². The number of piperazine rings is 1. The summed E-state index contributed by atoms with van der Waals surface area (Å²) in [5.74, 6) is -2.16. The van der Waals surface area contributed by atoms with Gasteiger partial charge in [0.15, 0.2) is 0 Å². The van der Waals surface area contributed by atoms with Crippen LogP contribution in [0.3, 0.4) is 0 Å². The van der Waals surface area contributed by atoms with Crippen molar-refractivity contribution in [1.82, 2.24) is 14.9 Å². The van der Waals surface area contributed by atoms with E-state index in [0.717, 1.165) is 6.42 Å². The number of carbonyl (C=O) groups is 2. The van der Waals surface area contributed by atoms with Crippen LogP contribution in [0.4, 0.5) is 19.3 Å². The van der Waals surface area contributed by atoms with E-state index >= 15 is 4.39 Å². The summed E-state index contributed by atoms with van der Waals surface area (Å²) in [6, 6.07) is 8.84. The molecule has 3 heterocycles. The molecule has 3 N–H and O–H groups in total. The lowest BCUT2D eigenvalue weighted by Crippen LogP contribution is -2.57. The standard InChI is InChI=1S/C33H44F2N4O6S/c1-20-16-23(17-21(2)45-20)30(22-9-11-24(34)12-10-22)31(38-33(41)44-3)32(40)37-29-8-4-7-28(35)27(29)14-13-26-18-36-25-6-5-15-46(42,43)39(26)19-25/h4,7-12,20-21,23,25-26,30-31,36H,5-6,13-19H2,1-3H3,(H,37,40)(H,38,41). The first-order valence-corrected chi connectivity index (χ1v) is 17.6. The Morgan fingerprint density at radius 2 is 1.83 bits per heavy atom. The molecule has 3 aliphatic rings. The molecule has 2 aromatic carbocycles. The minimum Gasteiger partial charge on any atom is -0.453 e. The highest BCUT2D eigenvalue weighted by Crippen LogP contribution is 2.39. The lowest BCUT2D eigenvalue weighted by molar-refractivity contribution is -0.120. The number of nitrogens with zero attached hydrogens (tertiary/aromatic N) is 1. The Bertz CT molecular complexity index is 1480. The second-order valence-corrected chi connectivity index (χ2v) is 14.8. The number of methoxy groups -OCH3 is 1. The van der Waals surface area contributed by atoms with E-state index in [-0.39, 0.29) is 53.6 Å². The Labute approximate surface area is 269 Å². The monoisotopic (exact) mass is 662 g/mol. The van der Waals surface area contributed by atoms with Crippen molar-refractivity contribution in [3.05, 3.63) is 65.2 Å². The van der Waals surface area contributed by atoms with Gasteiger partial charge < -0.3 is 25.4 Å². The second-order valence-electron chi connectivity index (χ2n) is 12.8. The highest BCUT2D eigenvalue weighted by atomic mass is 32.2. The van der Waals surface area contributed by atoms with Crippen LogP contribution >= 0.6 is 0 Å². The van der Waals surface area contributed by atoms with Crippen molar-refractivity contribution in [2.75, 3.05) is 31.3 Å². The Kier molecular flexibility index (Phi) is 11.0. The van der Waals surface area contributed by atoms with Crippen LogP contribution in [-0.4, -0.2) is 81.0 Å². The molecule has 13 heteroatoms. The smallest absolute Gasteiger partial charge is 0.407 e. The van der Waals surface area contributed by atoms with Gasteiger partial charge in [-0.1, -0.05) is 18.2 Å². The number of hydrogen-bond acceptors (Lipinski definition) is 7. The van der Waals surface area contributed by atoms with Gasteiger partial charge in [-0.05, 0) is 88.1 Å². The molecule has 0 spiro atoms. The first-order valence-electron chi connectivity index (χ1n) is 16.0. The van der Waals surface area contributed by atoms with Crippen LogP contribution in [0.25, 0.3) is 0 Å². The minimum atomic E-state index is -3.42. The highest BCUT2D eigenvalue weighted by Gasteiger charge is 2.41. The molecule has 7 unspecified atom stereocenters. The summed E-state index contributed by atoms with van der Waals surface area (Å²) in [6.45, 7) is 4.76. The number of sulfonamides is 1. The summed E-state index contributed by atoms with van der Waals surface area (Å²) < 4.78 is 67.7. The number of amides is 2. The minimum absolute atomic E-state index is 0.0944. The van der Waals surface area contributed by atoms with Crippen LogP contribution in [0.15, 0.2) is 42.5 Å². The Balaban J connectivity index is 1.42. The lowest BCUT2D eigenvalue weighted by atomic mass is 9.74. The molecule has 252 valence electrons. The van der Waals surface area contributed by atoms with Crippen molar-refractivity contribution >= 4 is 27.7 Å². The molecule has 2 bridgehead atoms. The zero-order valence-electron chi connectivity index (χ0n) is 26.5. The largest absolute Gasteiger partial charge is 0.453 e. The van der Waals surface area contributed by atoms with Gasteiger partial charge in [-0.15, -0.1) is 0 Å². The van der Waals surface area contributed by atoms with Crippen molar-refractivity contribution in [3.8, 4) is 0 Å². The molecule has 46 heavy (non-hydrogen) atoms. The van der Waals surface area contributed by atoms with Gasteiger partial charge in [0.05, 0.1) is 25.1 Å². The maximum Gasteiger partial charge on any atom is 0.407 e. The number of nitrogens with one attached hydrogen (secondary N) is 3. The fourth-order valence-corrected chi connectivity index (χ4v) is 9.18. The Hall–Kier alpha value is -3.13. The zero-order valence-corrected chi connectivity index (χ0v) is 27.3. The van der Waals surface area contributed by atoms with E-state index in [1.54, 1.807) is 22.5 Å². The van der Waals surface area contributed by atoms with Crippen molar-refractivity contribution < 1.29 is 36.3 Å². The van der Waals surface area contributed by atoms with Gasteiger partial charge in [-0.2, -0.15) is 4.31 Å². The summed E-state index contributed by atoms with van der Waals surface area (Å²) in [5.41, 5.74) is 1.13. The average Bonchev–Trinajstić information content (AvgIpc) is 3.12. The Morgan fingerprint density at radius 1 is 1.11 bits per heavy atom. The first kappa shape index (κ1) is 34.2. The molecule has 2 aromatic rings. The zero-order chi connectivity index (χ0) is 33.0. The molecule has 0 aliphatic carbocycles. The summed E-state index contributed by atoms with van der Waals surface area (Å²) in [7, 11) is -2.22. The van der Waals surface area contributed by atoms with E-state index in [1.165, 1.54) is 31.4 Å². The number of ether oxygens (including phenoxy) is 2. The second kappa shape index (κ2) is 14.7. The SMILES string of the molecule is COC(=O)NC(C(=O)Nc1cccc(F)c1CCC1CNC2CCCS(=O)(=O)N1C2)C(c1ccc(F)cc1)C1CC(C)OC(C)C1. The van der Waals surface area contributed by atoms with Crippen molar-refractivity contribution in [3.63, 3.8) is 0 Å². The predicted octanol–water partition coefficient (Wildman–Crippen LogP) is 4.31. The van der Waals surface area contributed by atoms with Gasteiger partial charge in [-0.25, -0.2) is 22.0 Å². The maximum atomic E-state index is 15.4. The normalized spacial score (nSPS) is 28.7. The predicted molar refractivity (Wildman–Crippen MR) is 170 cm³/mol. The Morgan fingerprint density at radius 3 is 2.52 bits per heavy atom. The summed E-state index contributed by atoms with van der Waals surface area (Å²) in [5, 5.41) is 8.99. The van der Waals surface area contributed by atoms with Gasteiger partial charge >= 0.3 is 6.09 Å². The van der Waals surface area contributed by atoms with Gasteiger partial charge in [-0.3, -0.25) is 4.79 Å². The lowest BCUT2D eigenvalue weighted by Gasteiger charge is -2.40. The number of benzene rings is 2. The van der Waals surface area contributed by atoms with Crippen LogP contribution in [0.1, 0.15) is 63.0 Å². The molecule has 2 amide bonds. The molecule has 0 saturated carbocycles. The van der Waals surface area contributed by atoms with Crippen LogP contribution in [0.2, 0.25) is 0 Å². The number of hydrogen-bond donors (Lipinski definition) is 3. The summed E-state index contributed by atoms with van der Waals surface area (Å²) >= 11 is 0.